The number of anilines is 1. The van der Waals surface area contributed by atoms with Gasteiger partial charge in [-0.15, -0.1) is 0 Å². The van der Waals surface area contributed by atoms with Gasteiger partial charge < -0.3 is 14.6 Å². The topological polar surface area (TPSA) is 74.0 Å². The highest BCUT2D eigenvalue weighted by Gasteiger charge is 2.31. The summed E-state index contributed by atoms with van der Waals surface area (Å²) < 4.78 is 48.2. The Hall–Kier alpha value is -3.79. The minimum Gasteiger partial charge on any atom is -0.486 e. The average molecular weight is 490 g/mol. The summed E-state index contributed by atoms with van der Waals surface area (Å²) in [4.78, 5) is 17.0. The van der Waals surface area contributed by atoms with Crippen LogP contribution in [0, 0.1) is 6.92 Å². The predicted molar refractivity (Wildman–Crippen MR) is 120 cm³/mol. The van der Waals surface area contributed by atoms with Crippen molar-refractivity contribution < 1.29 is 22.7 Å². The molecule has 11 heteroatoms. The Morgan fingerprint density at radius 1 is 1.15 bits per heavy atom. The third-order valence-corrected chi connectivity index (χ3v) is 5.30. The van der Waals surface area contributed by atoms with Crippen molar-refractivity contribution in [1.82, 2.24) is 19.3 Å². The summed E-state index contributed by atoms with van der Waals surface area (Å²) in [6, 6.07) is 10.9. The molecular weight excluding hydrogens is 471 g/mol. The number of halogens is 4. The summed E-state index contributed by atoms with van der Waals surface area (Å²) in [6.07, 6.45) is -1.07. The van der Waals surface area contributed by atoms with Gasteiger partial charge in [-0.25, -0.2) is 9.67 Å². The van der Waals surface area contributed by atoms with Crippen molar-refractivity contribution in [2.75, 3.05) is 5.32 Å². The zero-order chi connectivity index (χ0) is 24.5. The van der Waals surface area contributed by atoms with Crippen molar-refractivity contribution in [3.05, 3.63) is 88.6 Å². The first-order valence-electron chi connectivity index (χ1n) is 10.1. The van der Waals surface area contributed by atoms with Crippen molar-refractivity contribution in [3.63, 3.8) is 0 Å². The molecule has 0 radical (unpaired) electrons. The fourth-order valence-corrected chi connectivity index (χ4v) is 3.40. The lowest BCUT2D eigenvalue weighted by atomic mass is 10.2. The molecular formula is C23H19ClF3N5O2. The fourth-order valence-electron chi connectivity index (χ4n) is 3.20. The number of amides is 1. The van der Waals surface area contributed by atoms with Crippen molar-refractivity contribution in [3.8, 4) is 11.4 Å². The van der Waals surface area contributed by atoms with E-state index in [1.54, 1.807) is 43.5 Å². The molecule has 2 heterocycles. The van der Waals surface area contributed by atoms with Gasteiger partial charge in [-0.1, -0.05) is 11.6 Å². The Balaban J connectivity index is 1.52. The van der Waals surface area contributed by atoms with E-state index in [1.807, 2.05) is 17.8 Å². The number of hydrogen-bond donors (Lipinski definition) is 1. The van der Waals surface area contributed by atoms with Crippen LogP contribution >= 0.6 is 11.6 Å². The molecule has 0 aliphatic carbocycles. The number of rotatable bonds is 6. The highest BCUT2D eigenvalue weighted by atomic mass is 35.5. The first-order chi connectivity index (χ1) is 16.1. The Labute approximate surface area is 197 Å². The van der Waals surface area contributed by atoms with E-state index in [1.165, 1.54) is 4.68 Å². The van der Waals surface area contributed by atoms with E-state index < -0.39 is 17.6 Å². The van der Waals surface area contributed by atoms with E-state index in [0.717, 1.165) is 24.0 Å². The quantitative estimate of drug-likeness (QED) is 0.392. The van der Waals surface area contributed by atoms with Crippen LogP contribution in [0.5, 0.6) is 5.75 Å². The molecule has 1 amide bonds. The molecule has 4 rings (SSSR count). The third-order valence-electron chi connectivity index (χ3n) is 4.98. The molecule has 0 saturated heterocycles. The van der Waals surface area contributed by atoms with Gasteiger partial charge in [-0.05, 0) is 49.4 Å². The molecule has 176 valence electrons. The minimum absolute atomic E-state index is 0.00192. The number of aryl methyl sites for hydroxylation is 2. The number of benzene rings is 2. The fraction of sp³-hybridized carbons (Fsp3) is 0.174. The zero-order valence-corrected chi connectivity index (χ0v) is 18.9. The zero-order valence-electron chi connectivity index (χ0n) is 18.1. The van der Waals surface area contributed by atoms with Gasteiger partial charge in [0.2, 0.25) is 0 Å². The second-order valence-electron chi connectivity index (χ2n) is 7.47. The van der Waals surface area contributed by atoms with E-state index in [9.17, 15) is 18.0 Å². The lowest BCUT2D eigenvalue weighted by molar-refractivity contribution is -0.137. The van der Waals surface area contributed by atoms with E-state index in [-0.39, 0.29) is 23.1 Å². The summed E-state index contributed by atoms with van der Waals surface area (Å²) in [5.74, 6) is 1.01. The van der Waals surface area contributed by atoms with Gasteiger partial charge >= 0.3 is 6.18 Å². The molecule has 0 saturated carbocycles. The van der Waals surface area contributed by atoms with Crippen molar-refractivity contribution in [2.24, 2.45) is 7.05 Å². The van der Waals surface area contributed by atoms with Crippen LogP contribution in [-0.2, 0) is 19.8 Å². The summed E-state index contributed by atoms with van der Waals surface area (Å²) in [6.45, 7) is 1.92. The number of nitrogens with one attached hydrogen (secondary N) is 1. The molecule has 0 unspecified atom stereocenters. The number of carbonyl (C=O) groups excluding carboxylic acids is 1. The van der Waals surface area contributed by atoms with Gasteiger partial charge in [-0.3, -0.25) is 4.79 Å². The number of carbonyl (C=O) groups is 1. The first-order valence-corrected chi connectivity index (χ1v) is 10.4. The van der Waals surface area contributed by atoms with Crippen LogP contribution in [0.1, 0.15) is 27.4 Å². The maximum absolute atomic E-state index is 13.2. The lowest BCUT2D eigenvalue weighted by Gasteiger charge is -2.13. The largest absolute Gasteiger partial charge is 0.486 e. The summed E-state index contributed by atoms with van der Waals surface area (Å²) in [5, 5.41) is 6.94. The molecule has 34 heavy (non-hydrogen) atoms. The Morgan fingerprint density at radius 2 is 1.88 bits per heavy atom. The molecule has 7 nitrogen and oxygen atoms in total. The molecule has 0 atom stereocenters. The Morgan fingerprint density at radius 3 is 2.53 bits per heavy atom. The second kappa shape index (κ2) is 9.22. The lowest BCUT2D eigenvalue weighted by Crippen LogP contribution is -2.16. The number of nitrogens with zero attached hydrogens (tertiary/aromatic N) is 4. The average Bonchev–Trinajstić information content (AvgIpc) is 3.36. The molecule has 0 spiro atoms. The summed E-state index contributed by atoms with van der Waals surface area (Å²) in [7, 11) is 1.86. The van der Waals surface area contributed by atoms with Crippen LogP contribution in [0.3, 0.4) is 0 Å². The van der Waals surface area contributed by atoms with Crippen LogP contribution in [0.15, 0.2) is 60.9 Å². The van der Waals surface area contributed by atoms with Gasteiger partial charge in [-0.2, -0.15) is 18.3 Å². The molecule has 0 aliphatic heterocycles. The molecule has 2 aromatic carbocycles. The number of ether oxygens (including phenoxy) is 1. The minimum atomic E-state index is -4.55. The first kappa shape index (κ1) is 23.4. The highest BCUT2D eigenvalue weighted by molar-refractivity contribution is 6.32. The van der Waals surface area contributed by atoms with E-state index in [4.69, 9.17) is 16.3 Å². The standard InChI is InChI=1S/C23H19ClF3N5O2/c1-14-11-20(32(30-14)19-12-16(23(25,26)27)5-8-18(19)24)29-22(33)15-3-6-17(7-4-15)34-13-21-28-9-10-31(21)2/h3-12H,13H2,1-2H3,(H,29,33). The van der Waals surface area contributed by atoms with Gasteiger partial charge in [0, 0.05) is 31.1 Å². The van der Waals surface area contributed by atoms with Crippen molar-refractivity contribution >= 4 is 23.3 Å². The SMILES string of the molecule is Cc1cc(NC(=O)c2ccc(OCc3nccn3C)cc2)n(-c2cc(C(F)(F)F)ccc2Cl)n1. The van der Waals surface area contributed by atoms with Gasteiger partial charge in [0.05, 0.1) is 22.0 Å². The molecule has 4 aromatic rings. The maximum atomic E-state index is 13.2. The van der Waals surface area contributed by atoms with E-state index in [2.05, 4.69) is 15.4 Å². The van der Waals surface area contributed by atoms with Crippen LogP contribution in [0.4, 0.5) is 19.0 Å². The summed E-state index contributed by atoms with van der Waals surface area (Å²) >= 11 is 6.15. The number of imidazole rings is 1. The number of aromatic nitrogens is 4. The summed E-state index contributed by atoms with van der Waals surface area (Å²) in [5.41, 5.74) is -0.0666. The van der Waals surface area contributed by atoms with Crippen LogP contribution in [0.25, 0.3) is 5.69 Å². The normalized spacial score (nSPS) is 11.5. The maximum Gasteiger partial charge on any atom is 0.416 e. The molecule has 0 bridgehead atoms. The van der Waals surface area contributed by atoms with Crippen LogP contribution in [-0.4, -0.2) is 25.2 Å². The molecule has 0 fully saturated rings. The van der Waals surface area contributed by atoms with Crippen molar-refractivity contribution in [1.29, 1.82) is 0 Å². The molecule has 0 aliphatic rings. The van der Waals surface area contributed by atoms with Crippen molar-refractivity contribution in [2.45, 2.75) is 19.7 Å². The van der Waals surface area contributed by atoms with Crippen LogP contribution in [0.2, 0.25) is 5.02 Å². The van der Waals surface area contributed by atoms with E-state index >= 15 is 0 Å². The third kappa shape index (κ3) is 5.07. The molecule has 2 aromatic heterocycles. The van der Waals surface area contributed by atoms with Gasteiger partial charge in [0.15, 0.2) is 0 Å². The Bertz CT molecular complexity index is 1330. The highest BCUT2D eigenvalue weighted by Crippen LogP contribution is 2.34. The van der Waals surface area contributed by atoms with Gasteiger partial charge in [0.25, 0.3) is 5.91 Å². The monoisotopic (exact) mass is 489 g/mol. The van der Waals surface area contributed by atoms with E-state index in [0.29, 0.717) is 17.0 Å². The van der Waals surface area contributed by atoms with Crippen LogP contribution < -0.4 is 10.1 Å². The smallest absolute Gasteiger partial charge is 0.416 e. The predicted octanol–water partition coefficient (Wildman–Crippen LogP) is 5.42. The number of hydrogen-bond acceptors (Lipinski definition) is 4. The second-order valence-corrected chi connectivity index (χ2v) is 7.88. The number of alkyl halides is 3. The van der Waals surface area contributed by atoms with Gasteiger partial charge in [0.1, 0.15) is 24.0 Å². The Kier molecular flexibility index (Phi) is 6.34. The molecule has 1 N–H and O–H groups in total.